The number of ether oxygens (including phenoxy) is 1. The minimum Gasteiger partial charge on any atom is -0.384 e. The molecular weight excluding hydrogens is 188 g/mol. The number of methoxy groups -OCH3 is 1. The van der Waals surface area contributed by atoms with Crippen molar-refractivity contribution in [1.29, 1.82) is 0 Å². The van der Waals surface area contributed by atoms with Crippen LogP contribution in [0.15, 0.2) is 18.2 Å². The van der Waals surface area contributed by atoms with Gasteiger partial charge in [-0.1, -0.05) is 6.07 Å². The van der Waals surface area contributed by atoms with Crippen LogP contribution in [-0.4, -0.2) is 31.8 Å². The second kappa shape index (κ2) is 4.62. The lowest BCUT2D eigenvalue weighted by molar-refractivity contribution is 0.161. The summed E-state index contributed by atoms with van der Waals surface area (Å²) in [5.41, 5.74) is 1.09. The summed E-state index contributed by atoms with van der Waals surface area (Å²) in [6.45, 7) is 5.07. The highest BCUT2D eigenvalue weighted by Gasteiger charge is 2.22. The Morgan fingerprint density at radius 3 is 3.13 bits per heavy atom. The van der Waals surface area contributed by atoms with Gasteiger partial charge in [0.2, 0.25) is 0 Å². The number of aryl methyl sites for hydroxylation is 1. The molecule has 0 radical (unpaired) electrons. The van der Waals surface area contributed by atoms with Crippen molar-refractivity contribution in [3.8, 4) is 0 Å². The quantitative estimate of drug-likeness (QED) is 0.755. The van der Waals surface area contributed by atoms with Crippen LogP contribution in [0.2, 0.25) is 0 Å². The number of hydrogen-bond donors (Lipinski definition) is 0. The molecule has 1 aliphatic rings. The van der Waals surface area contributed by atoms with Crippen LogP contribution in [0, 0.1) is 12.8 Å². The molecule has 15 heavy (non-hydrogen) atoms. The van der Waals surface area contributed by atoms with Gasteiger partial charge in [0.25, 0.3) is 0 Å². The van der Waals surface area contributed by atoms with Gasteiger partial charge in [0.1, 0.15) is 5.82 Å². The Morgan fingerprint density at radius 1 is 1.53 bits per heavy atom. The van der Waals surface area contributed by atoms with Gasteiger partial charge in [0, 0.05) is 31.8 Å². The van der Waals surface area contributed by atoms with Gasteiger partial charge in [0.15, 0.2) is 0 Å². The highest BCUT2D eigenvalue weighted by atomic mass is 16.5. The molecule has 0 aromatic carbocycles. The van der Waals surface area contributed by atoms with Gasteiger partial charge in [-0.2, -0.15) is 0 Å². The zero-order valence-corrected chi connectivity index (χ0v) is 9.44. The largest absolute Gasteiger partial charge is 0.384 e. The van der Waals surface area contributed by atoms with Gasteiger partial charge in [0.05, 0.1) is 6.61 Å². The van der Waals surface area contributed by atoms with Crippen molar-refractivity contribution in [3.63, 3.8) is 0 Å². The third-order valence-electron chi connectivity index (χ3n) is 2.89. The molecule has 0 saturated carbocycles. The zero-order valence-electron chi connectivity index (χ0n) is 9.44. The molecule has 0 bridgehead atoms. The Morgan fingerprint density at radius 2 is 2.40 bits per heavy atom. The van der Waals surface area contributed by atoms with Gasteiger partial charge in [-0.05, 0) is 25.5 Å². The first-order valence-corrected chi connectivity index (χ1v) is 5.47. The Kier molecular flexibility index (Phi) is 3.21. The van der Waals surface area contributed by atoms with Crippen LogP contribution in [0.4, 0.5) is 5.82 Å². The molecule has 3 nitrogen and oxygen atoms in total. The summed E-state index contributed by atoms with van der Waals surface area (Å²) >= 11 is 0. The van der Waals surface area contributed by atoms with E-state index in [9.17, 15) is 0 Å². The van der Waals surface area contributed by atoms with Crippen molar-refractivity contribution in [3.05, 3.63) is 23.9 Å². The summed E-state index contributed by atoms with van der Waals surface area (Å²) in [4.78, 5) is 6.88. The summed E-state index contributed by atoms with van der Waals surface area (Å²) < 4.78 is 5.19. The van der Waals surface area contributed by atoms with Gasteiger partial charge < -0.3 is 9.64 Å². The van der Waals surface area contributed by atoms with E-state index in [1.165, 1.54) is 6.42 Å². The zero-order chi connectivity index (χ0) is 10.7. The van der Waals surface area contributed by atoms with Gasteiger partial charge in [-0.3, -0.25) is 0 Å². The van der Waals surface area contributed by atoms with Crippen LogP contribution in [0.5, 0.6) is 0 Å². The fourth-order valence-electron chi connectivity index (χ4n) is 2.12. The molecule has 1 saturated heterocycles. The molecule has 0 aliphatic carbocycles. The fourth-order valence-corrected chi connectivity index (χ4v) is 2.12. The first-order chi connectivity index (χ1) is 7.29. The fraction of sp³-hybridized carbons (Fsp3) is 0.583. The van der Waals surface area contributed by atoms with E-state index < -0.39 is 0 Å². The van der Waals surface area contributed by atoms with E-state index in [1.807, 2.05) is 13.0 Å². The molecule has 1 aliphatic heterocycles. The molecule has 0 spiro atoms. The predicted molar refractivity (Wildman–Crippen MR) is 61.2 cm³/mol. The third-order valence-corrected chi connectivity index (χ3v) is 2.89. The maximum Gasteiger partial charge on any atom is 0.128 e. The maximum atomic E-state index is 5.19. The second-order valence-electron chi connectivity index (χ2n) is 4.19. The minimum absolute atomic E-state index is 0.664. The number of nitrogens with zero attached hydrogens (tertiary/aromatic N) is 2. The van der Waals surface area contributed by atoms with Crippen LogP contribution in [0.3, 0.4) is 0 Å². The van der Waals surface area contributed by atoms with Crippen molar-refractivity contribution in [2.24, 2.45) is 5.92 Å². The highest BCUT2D eigenvalue weighted by Crippen LogP contribution is 2.22. The van der Waals surface area contributed by atoms with E-state index >= 15 is 0 Å². The van der Waals surface area contributed by atoms with E-state index in [0.717, 1.165) is 31.2 Å². The first kappa shape index (κ1) is 10.4. The van der Waals surface area contributed by atoms with Crippen molar-refractivity contribution >= 4 is 5.82 Å². The molecule has 1 aromatic rings. The Bertz CT molecular complexity index is 327. The molecule has 1 fully saturated rings. The van der Waals surface area contributed by atoms with Crippen molar-refractivity contribution < 1.29 is 4.74 Å². The average molecular weight is 206 g/mol. The van der Waals surface area contributed by atoms with Crippen molar-refractivity contribution in [2.45, 2.75) is 13.3 Å². The minimum atomic E-state index is 0.664. The van der Waals surface area contributed by atoms with E-state index in [-0.39, 0.29) is 0 Å². The summed E-state index contributed by atoms with van der Waals surface area (Å²) in [7, 11) is 1.77. The number of hydrogen-bond acceptors (Lipinski definition) is 3. The molecule has 1 aromatic heterocycles. The number of pyridine rings is 1. The van der Waals surface area contributed by atoms with E-state index in [2.05, 4.69) is 22.0 Å². The molecule has 0 N–H and O–H groups in total. The molecule has 1 unspecified atom stereocenters. The summed E-state index contributed by atoms with van der Waals surface area (Å²) in [6.07, 6.45) is 1.21. The lowest BCUT2D eigenvalue weighted by Gasteiger charge is -2.17. The van der Waals surface area contributed by atoms with Crippen LogP contribution >= 0.6 is 0 Å². The van der Waals surface area contributed by atoms with Crippen molar-refractivity contribution in [1.82, 2.24) is 4.98 Å². The van der Waals surface area contributed by atoms with E-state index in [0.29, 0.717) is 5.92 Å². The lowest BCUT2D eigenvalue weighted by Crippen LogP contribution is -2.22. The van der Waals surface area contributed by atoms with Crippen LogP contribution < -0.4 is 4.90 Å². The number of anilines is 1. The Balaban J connectivity index is 2.01. The first-order valence-electron chi connectivity index (χ1n) is 5.47. The van der Waals surface area contributed by atoms with Crippen LogP contribution in [0.25, 0.3) is 0 Å². The molecule has 1 atom stereocenters. The Labute approximate surface area is 91.1 Å². The molecule has 0 amide bonds. The Hall–Kier alpha value is -1.09. The van der Waals surface area contributed by atoms with Crippen LogP contribution in [-0.2, 0) is 4.74 Å². The van der Waals surface area contributed by atoms with Gasteiger partial charge >= 0.3 is 0 Å². The summed E-state index contributed by atoms with van der Waals surface area (Å²) in [5.74, 6) is 1.77. The topological polar surface area (TPSA) is 25.4 Å². The van der Waals surface area contributed by atoms with Crippen molar-refractivity contribution in [2.75, 3.05) is 31.7 Å². The smallest absolute Gasteiger partial charge is 0.128 e. The average Bonchev–Trinajstić information content (AvgIpc) is 2.67. The highest BCUT2D eigenvalue weighted by molar-refractivity contribution is 5.40. The SMILES string of the molecule is COCC1CCN(c2cccc(C)n2)C1. The number of rotatable bonds is 3. The molecule has 2 heterocycles. The van der Waals surface area contributed by atoms with Crippen LogP contribution in [0.1, 0.15) is 12.1 Å². The number of aromatic nitrogens is 1. The molecule has 82 valence electrons. The molecule has 3 heteroatoms. The monoisotopic (exact) mass is 206 g/mol. The summed E-state index contributed by atoms with van der Waals surface area (Å²) in [6, 6.07) is 6.19. The normalized spacial score (nSPS) is 20.9. The molecular formula is C12H18N2O. The third kappa shape index (κ3) is 2.48. The predicted octanol–water partition coefficient (Wildman–Crippen LogP) is 1.86. The van der Waals surface area contributed by atoms with Gasteiger partial charge in [-0.25, -0.2) is 4.98 Å². The van der Waals surface area contributed by atoms with E-state index in [4.69, 9.17) is 4.74 Å². The van der Waals surface area contributed by atoms with Gasteiger partial charge in [-0.15, -0.1) is 0 Å². The standard InChI is InChI=1S/C12H18N2O/c1-10-4-3-5-12(13-10)14-7-6-11(8-14)9-15-2/h3-5,11H,6-9H2,1-2H3. The second-order valence-corrected chi connectivity index (χ2v) is 4.19. The van der Waals surface area contributed by atoms with E-state index in [1.54, 1.807) is 7.11 Å². The molecule has 2 rings (SSSR count). The lowest BCUT2D eigenvalue weighted by atomic mass is 10.1. The summed E-state index contributed by atoms with van der Waals surface area (Å²) in [5, 5.41) is 0. The maximum absolute atomic E-state index is 5.19.